The number of carbonyl (C=O) groups excluding carboxylic acids is 1. The van der Waals surface area contributed by atoms with Crippen LogP contribution in [0.3, 0.4) is 0 Å². The number of amides is 1. The first-order valence-electron chi connectivity index (χ1n) is 8.63. The second-order valence-electron chi connectivity index (χ2n) is 6.98. The van der Waals surface area contributed by atoms with E-state index >= 15 is 0 Å². The van der Waals surface area contributed by atoms with Gasteiger partial charge in [0.1, 0.15) is 5.69 Å². The maximum Gasteiger partial charge on any atom is 0.282 e. The molecule has 1 heterocycles. The van der Waals surface area contributed by atoms with Crippen LogP contribution >= 0.6 is 0 Å². The maximum absolute atomic E-state index is 13.1. The van der Waals surface area contributed by atoms with Gasteiger partial charge >= 0.3 is 0 Å². The number of anilines is 1. The summed E-state index contributed by atoms with van der Waals surface area (Å²) >= 11 is 0. The Hall–Kier alpha value is -2.24. The fraction of sp³-hybridized carbons (Fsp3) is 0.474. The smallest absolute Gasteiger partial charge is 0.282 e. The topological polar surface area (TPSA) is 46.9 Å². The Morgan fingerprint density at radius 3 is 2.80 bits per heavy atom. The van der Waals surface area contributed by atoms with Crippen molar-refractivity contribution in [3.05, 3.63) is 46.8 Å². The second kappa shape index (κ2) is 6.94. The van der Waals surface area contributed by atoms with Gasteiger partial charge in [0.2, 0.25) is 0 Å². The van der Waals surface area contributed by atoms with Gasteiger partial charge in [-0.05, 0) is 48.3 Å². The van der Waals surface area contributed by atoms with Gasteiger partial charge in [-0.15, -0.1) is 0 Å². The van der Waals surface area contributed by atoms with E-state index in [1.807, 2.05) is 12.1 Å². The van der Waals surface area contributed by atoms with Crippen molar-refractivity contribution in [3.63, 3.8) is 0 Å². The SMILES string of the molecule is CC(C)C1CCCc2cccc(NC(=O)c3cn(C)nc3C(F)F)c21. The number of carbonyl (C=O) groups is 1. The molecule has 0 saturated carbocycles. The fourth-order valence-electron chi connectivity index (χ4n) is 3.73. The van der Waals surface area contributed by atoms with Crippen LogP contribution < -0.4 is 5.32 Å². The van der Waals surface area contributed by atoms with E-state index in [1.54, 1.807) is 0 Å². The highest BCUT2D eigenvalue weighted by Gasteiger charge is 2.28. The van der Waals surface area contributed by atoms with Crippen molar-refractivity contribution in [1.29, 1.82) is 0 Å². The quantitative estimate of drug-likeness (QED) is 0.872. The van der Waals surface area contributed by atoms with Crippen LogP contribution in [0.25, 0.3) is 0 Å². The Balaban J connectivity index is 1.95. The normalized spacial score (nSPS) is 17.0. The van der Waals surface area contributed by atoms with E-state index in [9.17, 15) is 13.6 Å². The van der Waals surface area contributed by atoms with Crippen LogP contribution in [0.15, 0.2) is 24.4 Å². The van der Waals surface area contributed by atoms with E-state index in [-0.39, 0.29) is 5.56 Å². The summed E-state index contributed by atoms with van der Waals surface area (Å²) in [7, 11) is 1.53. The van der Waals surface area contributed by atoms with Crippen LogP contribution in [-0.2, 0) is 13.5 Å². The van der Waals surface area contributed by atoms with Gasteiger partial charge in [-0.3, -0.25) is 9.48 Å². The minimum atomic E-state index is -2.78. The maximum atomic E-state index is 13.1. The van der Waals surface area contributed by atoms with Crippen LogP contribution in [0.4, 0.5) is 14.5 Å². The zero-order valence-electron chi connectivity index (χ0n) is 14.7. The number of nitrogens with zero attached hydrogens (tertiary/aromatic N) is 2. The molecule has 0 spiro atoms. The van der Waals surface area contributed by atoms with Crippen LogP contribution in [0.1, 0.15) is 66.2 Å². The molecule has 3 rings (SSSR count). The second-order valence-corrected chi connectivity index (χ2v) is 6.98. The summed E-state index contributed by atoms with van der Waals surface area (Å²) in [5, 5.41) is 6.56. The summed E-state index contributed by atoms with van der Waals surface area (Å²) in [5.41, 5.74) is 2.56. The molecular weight excluding hydrogens is 324 g/mol. The Kier molecular flexibility index (Phi) is 4.88. The first-order chi connectivity index (χ1) is 11.9. The molecule has 25 heavy (non-hydrogen) atoms. The van der Waals surface area contributed by atoms with Crippen molar-refractivity contribution in [3.8, 4) is 0 Å². The molecule has 0 fully saturated rings. The first-order valence-corrected chi connectivity index (χ1v) is 8.63. The van der Waals surface area contributed by atoms with E-state index in [2.05, 4.69) is 30.3 Å². The van der Waals surface area contributed by atoms with Crippen LogP contribution in [0.5, 0.6) is 0 Å². The molecule has 1 aliphatic carbocycles. The highest BCUT2D eigenvalue weighted by molar-refractivity contribution is 6.05. The average molecular weight is 347 g/mol. The molecular formula is C19H23F2N3O. The molecule has 1 atom stereocenters. The highest BCUT2D eigenvalue weighted by atomic mass is 19.3. The molecule has 1 aliphatic rings. The standard InChI is InChI=1S/C19H23F2N3O/c1-11(2)13-8-4-6-12-7-5-9-15(16(12)13)22-19(25)14-10-24(3)23-17(14)18(20)21/h5,7,9-11,13,18H,4,6,8H2,1-3H3,(H,22,25). The largest absolute Gasteiger partial charge is 0.322 e. The third-order valence-corrected chi connectivity index (χ3v) is 4.89. The Labute approximate surface area is 146 Å². The number of fused-ring (bicyclic) bond motifs is 1. The van der Waals surface area contributed by atoms with Gasteiger partial charge in [-0.1, -0.05) is 26.0 Å². The minimum absolute atomic E-state index is 0.0768. The summed E-state index contributed by atoms with van der Waals surface area (Å²) in [6.07, 6.45) is 1.75. The summed E-state index contributed by atoms with van der Waals surface area (Å²) in [6, 6.07) is 5.86. The molecule has 2 aromatic rings. The molecule has 6 heteroatoms. The van der Waals surface area contributed by atoms with E-state index in [4.69, 9.17) is 0 Å². The average Bonchev–Trinajstić information content (AvgIpc) is 2.97. The van der Waals surface area contributed by atoms with Gasteiger partial charge in [-0.25, -0.2) is 8.78 Å². The molecule has 4 nitrogen and oxygen atoms in total. The molecule has 134 valence electrons. The molecule has 1 unspecified atom stereocenters. The van der Waals surface area contributed by atoms with E-state index in [0.717, 1.165) is 30.5 Å². The van der Waals surface area contributed by atoms with Crippen molar-refractivity contribution < 1.29 is 13.6 Å². The zero-order chi connectivity index (χ0) is 18.1. The number of halogens is 2. The Bertz CT molecular complexity index is 783. The molecule has 1 aromatic carbocycles. The zero-order valence-corrected chi connectivity index (χ0v) is 14.7. The lowest BCUT2D eigenvalue weighted by Crippen LogP contribution is -2.20. The number of nitrogens with one attached hydrogen (secondary N) is 1. The number of benzene rings is 1. The molecule has 1 aromatic heterocycles. The highest BCUT2D eigenvalue weighted by Crippen LogP contribution is 2.41. The lowest BCUT2D eigenvalue weighted by atomic mass is 9.76. The number of aromatic nitrogens is 2. The summed E-state index contributed by atoms with van der Waals surface area (Å²) in [4.78, 5) is 12.6. The molecule has 1 N–H and O–H groups in total. The van der Waals surface area contributed by atoms with E-state index < -0.39 is 18.0 Å². The lowest BCUT2D eigenvalue weighted by Gasteiger charge is -2.30. The molecule has 0 saturated heterocycles. The van der Waals surface area contributed by atoms with Gasteiger partial charge < -0.3 is 5.32 Å². The number of hydrogen-bond acceptors (Lipinski definition) is 2. The molecule has 0 radical (unpaired) electrons. The van der Waals surface area contributed by atoms with Crippen LogP contribution in [0, 0.1) is 5.92 Å². The van der Waals surface area contributed by atoms with Crippen molar-refractivity contribution in [2.45, 2.75) is 45.5 Å². The van der Waals surface area contributed by atoms with Crippen LogP contribution in [-0.4, -0.2) is 15.7 Å². The number of hydrogen-bond donors (Lipinski definition) is 1. The van der Waals surface area contributed by atoms with Crippen molar-refractivity contribution in [2.24, 2.45) is 13.0 Å². The van der Waals surface area contributed by atoms with Crippen LogP contribution in [0.2, 0.25) is 0 Å². The predicted molar refractivity (Wildman–Crippen MR) is 93.1 cm³/mol. The first kappa shape index (κ1) is 17.6. The Morgan fingerprint density at radius 1 is 1.36 bits per heavy atom. The summed E-state index contributed by atoms with van der Waals surface area (Å²) in [5.74, 6) is 0.278. The van der Waals surface area contributed by atoms with E-state index in [0.29, 0.717) is 11.8 Å². The van der Waals surface area contributed by atoms with Gasteiger partial charge in [0.15, 0.2) is 0 Å². The number of alkyl halides is 2. The number of aryl methyl sites for hydroxylation is 2. The summed E-state index contributed by atoms with van der Waals surface area (Å²) < 4.78 is 27.5. The minimum Gasteiger partial charge on any atom is -0.322 e. The Morgan fingerprint density at radius 2 is 2.12 bits per heavy atom. The lowest BCUT2D eigenvalue weighted by molar-refractivity contribution is 0.101. The van der Waals surface area contributed by atoms with Crippen molar-refractivity contribution in [2.75, 3.05) is 5.32 Å². The van der Waals surface area contributed by atoms with Gasteiger partial charge in [0, 0.05) is 18.9 Å². The van der Waals surface area contributed by atoms with Gasteiger partial charge in [-0.2, -0.15) is 5.10 Å². The van der Waals surface area contributed by atoms with Crippen molar-refractivity contribution in [1.82, 2.24) is 9.78 Å². The monoisotopic (exact) mass is 347 g/mol. The molecule has 0 aliphatic heterocycles. The van der Waals surface area contributed by atoms with Gasteiger partial charge in [0.25, 0.3) is 12.3 Å². The number of rotatable bonds is 4. The molecule has 1 amide bonds. The predicted octanol–water partition coefficient (Wildman–Crippen LogP) is 4.69. The van der Waals surface area contributed by atoms with Crippen molar-refractivity contribution >= 4 is 11.6 Å². The van der Waals surface area contributed by atoms with Gasteiger partial charge in [0.05, 0.1) is 5.56 Å². The molecule has 0 bridgehead atoms. The fourth-order valence-corrected chi connectivity index (χ4v) is 3.73. The third-order valence-electron chi connectivity index (χ3n) is 4.89. The van der Waals surface area contributed by atoms with E-state index in [1.165, 1.54) is 23.5 Å². The summed E-state index contributed by atoms with van der Waals surface area (Å²) in [6.45, 7) is 4.35. The third kappa shape index (κ3) is 3.43.